The molecule has 1 amide bonds. The summed E-state index contributed by atoms with van der Waals surface area (Å²) in [4.78, 5) is 13.8. The zero-order valence-electron chi connectivity index (χ0n) is 11.7. The molecule has 1 aromatic rings. The van der Waals surface area contributed by atoms with E-state index in [-0.39, 0.29) is 11.6 Å². The predicted octanol–water partition coefficient (Wildman–Crippen LogP) is 2.32. The number of nitrogens with zero attached hydrogens (tertiary/aromatic N) is 1. The fourth-order valence-corrected chi connectivity index (χ4v) is 1.85. The monoisotopic (exact) mass is 267 g/mol. The number of benzene rings is 1. The van der Waals surface area contributed by atoms with E-state index in [2.05, 4.69) is 24.1 Å². The average molecular weight is 267 g/mol. The van der Waals surface area contributed by atoms with Gasteiger partial charge in [-0.15, -0.1) is 0 Å². The molecule has 0 fully saturated rings. The normalized spacial score (nSPS) is 11.1. The maximum Gasteiger partial charge on any atom is 0.225 e. The van der Waals surface area contributed by atoms with Crippen LogP contribution >= 0.6 is 0 Å². The molecular weight excluding hydrogens is 245 g/mol. The number of anilines is 2. The van der Waals surface area contributed by atoms with Gasteiger partial charge in [-0.1, -0.05) is 13.8 Å². The Labute approximate surface area is 113 Å². The molecule has 0 aliphatic rings. The van der Waals surface area contributed by atoms with Gasteiger partial charge in [-0.2, -0.15) is 0 Å². The van der Waals surface area contributed by atoms with Crippen LogP contribution < -0.4 is 11.1 Å². The highest BCUT2D eigenvalue weighted by molar-refractivity contribution is 5.91. The second-order valence-electron chi connectivity index (χ2n) is 5.19. The number of rotatable bonds is 6. The molecule has 0 aliphatic carbocycles. The Morgan fingerprint density at radius 3 is 2.74 bits per heavy atom. The topological polar surface area (TPSA) is 58.4 Å². The van der Waals surface area contributed by atoms with Gasteiger partial charge in [-0.3, -0.25) is 4.79 Å². The molecule has 0 unspecified atom stereocenters. The lowest BCUT2D eigenvalue weighted by atomic mass is 10.2. The van der Waals surface area contributed by atoms with Crippen molar-refractivity contribution < 1.29 is 9.18 Å². The minimum atomic E-state index is -0.477. The average Bonchev–Trinajstić information content (AvgIpc) is 2.30. The van der Waals surface area contributed by atoms with Crippen LogP contribution in [0.1, 0.15) is 20.3 Å². The zero-order chi connectivity index (χ0) is 14.4. The predicted molar refractivity (Wildman–Crippen MR) is 76.4 cm³/mol. The van der Waals surface area contributed by atoms with E-state index in [4.69, 9.17) is 5.73 Å². The molecule has 19 heavy (non-hydrogen) atoms. The van der Waals surface area contributed by atoms with Crippen LogP contribution in [0.25, 0.3) is 0 Å². The van der Waals surface area contributed by atoms with Gasteiger partial charge in [-0.25, -0.2) is 4.39 Å². The highest BCUT2D eigenvalue weighted by Gasteiger charge is 2.07. The number of carbonyl (C=O) groups is 1. The molecule has 0 radical (unpaired) electrons. The van der Waals surface area contributed by atoms with Crippen LogP contribution in [0.2, 0.25) is 0 Å². The Hall–Kier alpha value is -1.62. The molecular formula is C14H22FN3O. The Balaban J connectivity index is 2.40. The third-order valence-electron chi connectivity index (χ3n) is 2.68. The first-order valence-electron chi connectivity index (χ1n) is 6.42. The fraction of sp³-hybridized carbons (Fsp3) is 0.500. The van der Waals surface area contributed by atoms with E-state index in [1.54, 1.807) is 0 Å². The molecule has 3 N–H and O–H groups in total. The zero-order valence-corrected chi connectivity index (χ0v) is 11.7. The van der Waals surface area contributed by atoms with Crippen molar-refractivity contribution in [1.82, 2.24) is 4.90 Å². The summed E-state index contributed by atoms with van der Waals surface area (Å²) < 4.78 is 13.0. The van der Waals surface area contributed by atoms with Crippen molar-refractivity contribution in [1.29, 1.82) is 0 Å². The molecule has 0 atom stereocenters. The highest BCUT2D eigenvalue weighted by Crippen LogP contribution is 2.16. The number of nitrogens with one attached hydrogen (secondary N) is 1. The Morgan fingerprint density at radius 1 is 1.47 bits per heavy atom. The number of nitrogen functional groups attached to an aromatic ring is 1. The second-order valence-corrected chi connectivity index (χ2v) is 5.19. The number of hydrogen-bond acceptors (Lipinski definition) is 3. The second kappa shape index (κ2) is 7.09. The summed E-state index contributed by atoms with van der Waals surface area (Å²) in [6.07, 6.45) is 0.403. The maximum atomic E-state index is 13.0. The van der Waals surface area contributed by atoms with E-state index < -0.39 is 5.82 Å². The van der Waals surface area contributed by atoms with Crippen molar-refractivity contribution >= 4 is 17.3 Å². The molecule has 0 aliphatic heterocycles. The van der Waals surface area contributed by atoms with E-state index in [1.165, 1.54) is 18.2 Å². The summed E-state index contributed by atoms with van der Waals surface area (Å²) in [6, 6.07) is 4.17. The number of hydrogen-bond donors (Lipinski definition) is 2. The van der Waals surface area contributed by atoms with Gasteiger partial charge in [0.1, 0.15) is 5.82 Å². The molecule has 0 saturated carbocycles. The molecule has 4 nitrogen and oxygen atoms in total. The largest absolute Gasteiger partial charge is 0.396 e. The van der Waals surface area contributed by atoms with Crippen molar-refractivity contribution in [2.45, 2.75) is 20.3 Å². The van der Waals surface area contributed by atoms with Crippen molar-refractivity contribution in [3.8, 4) is 0 Å². The lowest BCUT2D eigenvalue weighted by Crippen LogP contribution is -2.27. The van der Waals surface area contributed by atoms with Gasteiger partial charge in [-0.05, 0) is 31.2 Å². The van der Waals surface area contributed by atoms with Crippen molar-refractivity contribution in [2.24, 2.45) is 5.92 Å². The fourth-order valence-electron chi connectivity index (χ4n) is 1.85. The van der Waals surface area contributed by atoms with Gasteiger partial charge in [0.2, 0.25) is 5.91 Å². The summed E-state index contributed by atoms with van der Waals surface area (Å²) in [7, 11) is 1.99. The quantitative estimate of drug-likeness (QED) is 0.778. The van der Waals surface area contributed by atoms with Gasteiger partial charge >= 0.3 is 0 Å². The van der Waals surface area contributed by atoms with Gasteiger partial charge in [0.05, 0.1) is 5.69 Å². The van der Waals surface area contributed by atoms with Crippen LogP contribution in [0.3, 0.4) is 0 Å². The molecule has 0 spiro atoms. The first kappa shape index (κ1) is 15.4. The summed E-state index contributed by atoms with van der Waals surface area (Å²) in [5, 5.41) is 2.71. The minimum Gasteiger partial charge on any atom is -0.396 e. The van der Waals surface area contributed by atoms with Crippen molar-refractivity contribution in [2.75, 3.05) is 31.2 Å². The molecule has 0 bridgehead atoms. The summed E-state index contributed by atoms with van der Waals surface area (Å²) in [6.45, 7) is 5.92. The minimum absolute atomic E-state index is 0.0368. The van der Waals surface area contributed by atoms with E-state index in [0.717, 1.165) is 6.54 Å². The molecule has 1 aromatic carbocycles. The summed E-state index contributed by atoms with van der Waals surface area (Å²) in [5.74, 6) is 0.00115. The Morgan fingerprint density at radius 2 is 2.16 bits per heavy atom. The molecule has 0 heterocycles. The number of nitrogens with two attached hydrogens (primary N) is 1. The molecule has 0 aromatic heterocycles. The molecule has 1 rings (SSSR count). The van der Waals surface area contributed by atoms with Crippen LogP contribution in [-0.4, -0.2) is 30.9 Å². The van der Waals surface area contributed by atoms with Gasteiger partial charge in [0.25, 0.3) is 0 Å². The Kier molecular flexibility index (Phi) is 5.76. The Bertz CT molecular complexity index is 435. The van der Waals surface area contributed by atoms with Crippen LogP contribution in [0.5, 0.6) is 0 Å². The highest BCUT2D eigenvalue weighted by atomic mass is 19.1. The lowest BCUT2D eigenvalue weighted by Gasteiger charge is -2.18. The molecule has 106 valence electrons. The van der Waals surface area contributed by atoms with E-state index >= 15 is 0 Å². The van der Waals surface area contributed by atoms with Crippen LogP contribution in [-0.2, 0) is 4.79 Å². The van der Waals surface area contributed by atoms with Gasteiger partial charge in [0.15, 0.2) is 0 Å². The van der Waals surface area contributed by atoms with Gasteiger partial charge in [0, 0.05) is 25.2 Å². The van der Waals surface area contributed by atoms with E-state index in [9.17, 15) is 9.18 Å². The first-order valence-corrected chi connectivity index (χ1v) is 6.42. The third-order valence-corrected chi connectivity index (χ3v) is 2.68. The summed E-state index contributed by atoms with van der Waals surface area (Å²) in [5.41, 5.74) is 6.00. The standard InChI is InChI=1S/C14H22FN3O/c1-10(2)9-18(3)7-6-14(19)17-11-4-5-12(15)13(16)8-11/h4-5,8,10H,6-7,9,16H2,1-3H3,(H,17,19). The van der Waals surface area contributed by atoms with Crippen molar-refractivity contribution in [3.05, 3.63) is 24.0 Å². The lowest BCUT2D eigenvalue weighted by molar-refractivity contribution is -0.116. The van der Waals surface area contributed by atoms with Crippen LogP contribution in [0.4, 0.5) is 15.8 Å². The van der Waals surface area contributed by atoms with Gasteiger partial charge < -0.3 is 16.0 Å². The summed E-state index contributed by atoms with van der Waals surface area (Å²) >= 11 is 0. The van der Waals surface area contributed by atoms with Crippen LogP contribution in [0.15, 0.2) is 18.2 Å². The first-order chi connectivity index (χ1) is 8.88. The maximum absolute atomic E-state index is 13.0. The van der Waals surface area contributed by atoms with E-state index in [1.807, 2.05) is 7.05 Å². The third kappa shape index (κ3) is 5.70. The van der Waals surface area contributed by atoms with Crippen LogP contribution in [0, 0.1) is 11.7 Å². The molecule has 0 saturated heterocycles. The molecule has 5 heteroatoms. The smallest absolute Gasteiger partial charge is 0.225 e. The van der Waals surface area contributed by atoms with E-state index in [0.29, 0.717) is 24.6 Å². The number of halogens is 1. The van der Waals surface area contributed by atoms with Crippen molar-refractivity contribution in [3.63, 3.8) is 0 Å². The number of carbonyl (C=O) groups excluding carboxylic acids is 1. The SMILES string of the molecule is CC(C)CN(C)CCC(=O)Nc1ccc(F)c(N)c1. The number of amides is 1.